The Bertz CT molecular complexity index is 552. The number of hydrogen-bond acceptors (Lipinski definition) is 3. The molecule has 6 heteroatoms. The predicted molar refractivity (Wildman–Crippen MR) is 121 cm³/mol. The smallest absolute Gasteiger partial charge is 0.191 e. The van der Waals surface area contributed by atoms with Crippen LogP contribution in [0.2, 0.25) is 0 Å². The normalized spacial score (nSPS) is 18.9. The number of aliphatic imine (C=N–C) groups is 1. The molecule has 0 spiro atoms. The SMILES string of the molecule is CCNC(=NCC(C)c1ccccc1OC)NCC1CCCN1CC.I. The number of para-hydroxylation sites is 1. The molecule has 0 saturated carbocycles. The van der Waals surface area contributed by atoms with Gasteiger partial charge in [-0.05, 0) is 44.5 Å². The van der Waals surface area contributed by atoms with Gasteiger partial charge in [0.05, 0.1) is 7.11 Å². The molecule has 1 heterocycles. The molecule has 1 aromatic rings. The number of benzene rings is 1. The molecular weight excluding hydrogens is 439 g/mol. The van der Waals surface area contributed by atoms with Gasteiger partial charge in [0.2, 0.25) is 0 Å². The van der Waals surface area contributed by atoms with Crippen molar-refractivity contribution in [3.63, 3.8) is 0 Å². The van der Waals surface area contributed by atoms with Crippen LogP contribution in [0.25, 0.3) is 0 Å². The van der Waals surface area contributed by atoms with Crippen LogP contribution in [-0.4, -0.2) is 56.7 Å². The van der Waals surface area contributed by atoms with E-state index in [2.05, 4.69) is 48.4 Å². The maximum Gasteiger partial charge on any atom is 0.191 e. The van der Waals surface area contributed by atoms with E-state index in [1.165, 1.54) is 24.9 Å². The first-order chi connectivity index (χ1) is 12.2. The van der Waals surface area contributed by atoms with Gasteiger partial charge in [-0.25, -0.2) is 0 Å². The predicted octanol–water partition coefficient (Wildman–Crippen LogP) is 3.46. The highest BCUT2D eigenvalue weighted by Crippen LogP contribution is 2.26. The quantitative estimate of drug-likeness (QED) is 0.344. The van der Waals surface area contributed by atoms with Crippen molar-refractivity contribution >= 4 is 29.9 Å². The average molecular weight is 474 g/mol. The van der Waals surface area contributed by atoms with Crippen molar-refractivity contribution in [3.05, 3.63) is 29.8 Å². The second kappa shape index (κ2) is 12.4. The number of guanidine groups is 1. The maximum absolute atomic E-state index is 5.47. The Morgan fingerprint density at radius 3 is 2.77 bits per heavy atom. The van der Waals surface area contributed by atoms with Crippen molar-refractivity contribution in [2.24, 2.45) is 4.99 Å². The van der Waals surface area contributed by atoms with Crippen LogP contribution in [0.3, 0.4) is 0 Å². The van der Waals surface area contributed by atoms with Gasteiger partial charge in [0.15, 0.2) is 5.96 Å². The van der Waals surface area contributed by atoms with Crippen molar-refractivity contribution in [1.82, 2.24) is 15.5 Å². The highest BCUT2D eigenvalue weighted by atomic mass is 127. The molecule has 148 valence electrons. The minimum absolute atomic E-state index is 0. The third-order valence-corrected chi connectivity index (χ3v) is 4.95. The summed E-state index contributed by atoms with van der Waals surface area (Å²) in [5.74, 6) is 2.16. The molecule has 1 aromatic carbocycles. The fraction of sp³-hybridized carbons (Fsp3) is 0.650. The van der Waals surface area contributed by atoms with E-state index < -0.39 is 0 Å². The molecule has 2 N–H and O–H groups in total. The van der Waals surface area contributed by atoms with Crippen molar-refractivity contribution in [2.45, 2.75) is 45.6 Å². The summed E-state index contributed by atoms with van der Waals surface area (Å²) < 4.78 is 5.47. The number of ether oxygens (including phenoxy) is 1. The zero-order chi connectivity index (χ0) is 18.1. The molecule has 1 saturated heterocycles. The lowest BCUT2D eigenvalue weighted by Crippen LogP contribution is -2.45. The Morgan fingerprint density at radius 1 is 1.31 bits per heavy atom. The molecule has 0 amide bonds. The average Bonchev–Trinajstić information content (AvgIpc) is 3.11. The molecule has 5 nitrogen and oxygen atoms in total. The minimum Gasteiger partial charge on any atom is -0.496 e. The van der Waals surface area contributed by atoms with Crippen LogP contribution < -0.4 is 15.4 Å². The van der Waals surface area contributed by atoms with E-state index in [-0.39, 0.29) is 24.0 Å². The van der Waals surface area contributed by atoms with Gasteiger partial charge in [-0.2, -0.15) is 0 Å². The fourth-order valence-corrected chi connectivity index (χ4v) is 3.50. The number of halogens is 1. The van der Waals surface area contributed by atoms with Crippen molar-refractivity contribution in [3.8, 4) is 5.75 Å². The van der Waals surface area contributed by atoms with E-state index in [1.54, 1.807) is 7.11 Å². The van der Waals surface area contributed by atoms with Crippen LogP contribution in [-0.2, 0) is 0 Å². The van der Waals surface area contributed by atoms with Gasteiger partial charge >= 0.3 is 0 Å². The van der Waals surface area contributed by atoms with Crippen molar-refractivity contribution < 1.29 is 4.74 Å². The largest absolute Gasteiger partial charge is 0.496 e. The minimum atomic E-state index is 0. The molecule has 2 unspecified atom stereocenters. The van der Waals surface area contributed by atoms with Crippen LogP contribution in [0.4, 0.5) is 0 Å². The lowest BCUT2D eigenvalue weighted by atomic mass is 10.0. The Labute approximate surface area is 176 Å². The second-order valence-corrected chi connectivity index (χ2v) is 6.67. The topological polar surface area (TPSA) is 48.9 Å². The molecule has 1 aliphatic rings. The Morgan fingerprint density at radius 2 is 2.08 bits per heavy atom. The van der Waals surface area contributed by atoms with Gasteiger partial charge in [-0.15, -0.1) is 24.0 Å². The fourth-order valence-electron chi connectivity index (χ4n) is 3.50. The van der Waals surface area contributed by atoms with Crippen molar-refractivity contribution in [1.29, 1.82) is 0 Å². The number of rotatable bonds is 8. The maximum atomic E-state index is 5.47. The van der Waals surface area contributed by atoms with Gasteiger partial charge in [-0.3, -0.25) is 9.89 Å². The molecule has 2 atom stereocenters. The van der Waals surface area contributed by atoms with E-state index in [0.717, 1.165) is 37.9 Å². The number of methoxy groups -OCH3 is 1. The van der Waals surface area contributed by atoms with Crippen LogP contribution in [0.5, 0.6) is 5.75 Å². The third-order valence-electron chi connectivity index (χ3n) is 4.95. The summed E-state index contributed by atoms with van der Waals surface area (Å²) in [4.78, 5) is 7.35. The van der Waals surface area contributed by atoms with Crippen LogP contribution in [0.15, 0.2) is 29.3 Å². The summed E-state index contributed by atoms with van der Waals surface area (Å²) in [6.45, 7) is 11.5. The second-order valence-electron chi connectivity index (χ2n) is 6.67. The molecular formula is C20H35IN4O. The lowest BCUT2D eigenvalue weighted by Gasteiger charge is -2.24. The van der Waals surface area contributed by atoms with Gasteiger partial charge < -0.3 is 15.4 Å². The molecule has 1 aliphatic heterocycles. The summed E-state index contributed by atoms with van der Waals surface area (Å²) in [6, 6.07) is 8.82. The zero-order valence-corrected chi connectivity index (χ0v) is 19.0. The third kappa shape index (κ3) is 6.61. The van der Waals surface area contributed by atoms with Crippen molar-refractivity contribution in [2.75, 3.05) is 39.8 Å². The molecule has 0 radical (unpaired) electrons. The van der Waals surface area contributed by atoms with Gasteiger partial charge in [0.1, 0.15) is 5.75 Å². The summed E-state index contributed by atoms with van der Waals surface area (Å²) in [5.41, 5.74) is 1.21. The van der Waals surface area contributed by atoms with E-state index in [4.69, 9.17) is 9.73 Å². The monoisotopic (exact) mass is 474 g/mol. The molecule has 0 aliphatic carbocycles. The summed E-state index contributed by atoms with van der Waals surface area (Å²) in [5, 5.41) is 6.89. The summed E-state index contributed by atoms with van der Waals surface area (Å²) in [7, 11) is 1.72. The van der Waals surface area contributed by atoms with Gasteiger partial charge in [0.25, 0.3) is 0 Å². The van der Waals surface area contributed by atoms with Gasteiger partial charge in [-0.1, -0.05) is 32.0 Å². The molecule has 2 rings (SSSR count). The van der Waals surface area contributed by atoms with E-state index >= 15 is 0 Å². The number of nitrogens with one attached hydrogen (secondary N) is 2. The summed E-state index contributed by atoms with van der Waals surface area (Å²) >= 11 is 0. The Kier molecular flexibility index (Phi) is 11.0. The molecule has 0 aromatic heterocycles. The van der Waals surface area contributed by atoms with Crippen LogP contribution >= 0.6 is 24.0 Å². The van der Waals surface area contributed by atoms with E-state index in [1.807, 2.05) is 12.1 Å². The standard InChI is InChI=1S/C20H34N4O.HI/c1-5-21-20(23-15-17-10-9-13-24(17)6-2)22-14-16(3)18-11-7-8-12-19(18)25-4;/h7-8,11-12,16-17H,5-6,9-10,13-15H2,1-4H3,(H2,21,22,23);1H. The summed E-state index contributed by atoms with van der Waals surface area (Å²) in [6.07, 6.45) is 2.58. The first-order valence-corrected chi connectivity index (χ1v) is 9.58. The van der Waals surface area contributed by atoms with Crippen LogP contribution in [0.1, 0.15) is 45.1 Å². The molecule has 0 bridgehead atoms. The first kappa shape index (κ1) is 23.0. The number of likely N-dealkylation sites (N-methyl/N-ethyl adjacent to an activating group) is 1. The zero-order valence-electron chi connectivity index (χ0n) is 16.6. The van der Waals surface area contributed by atoms with E-state index in [0.29, 0.717) is 12.0 Å². The number of nitrogens with zero attached hydrogens (tertiary/aromatic N) is 2. The number of likely N-dealkylation sites (tertiary alicyclic amines) is 1. The highest BCUT2D eigenvalue weighted by Gasteiger charge is 2.22. The lowest BCUT2D eigenvalue weighted by molar-refractivity contribution is 0.267. The van der Waals surface area contributed by atoms with Gasteiger partial charge in [0, 0.05) is 31.6 Å². The first-order valence-electron chi connectivity index (χ1n) is 9.58. The number of hydrogen-bond donors (Lipinski definition) is 2. The molecule has 26 heavy (non-hydrogen) atoms. The van der Waals surface area contributed by atoms with Crippen LogP contribution in [0, 0.1) is 0 Å². The Hall–Kier alpha value is -1.02. The highest BCUT2D eigenvalue weighted by molar-refractivity contribution is 14.0. The Balaban J connectivity index is 0.00000338. The van der Waals surface area contributed by atoms with E-state index in [9.17, 15) is 0 Å². The molecule has 1 fully saturated rings.